The number of amides is 2. The normalized spacial score (nSPS) is 15.3. The molecule has 12 heteroatoms. The summed E-state index contributed by atoms with van der Waals surface area (Å²) in [6, 6.07) is 10.1. The molecular formula is C22H21N5O6S. The number of methoxy groups -OCH3 is 2. The summed E-state index contributed by atoms with van der Waals surface area (Å²) in [6.45, 7) is 2.43. The number of ether oxygens (including phenoxy) is 2. The van der Waals surface area contributed by atoms with Crippen molar-refractivity contribution < 1.29 is 24.0 Å². The number of anilines is 2. The van der Waals surface area contributed by atoms with E-state index >= 15 is 0 Å². The Kier molecular flexibility index (Phi) is 6.41. The van der Waals surface area contributed by atoms with Crippen molar-refractivity contribution in [3.8, 4) is 11.5 Å². The van der Waals surface area contributed by atoms with E-state index in [1.807, 2.05) is 31.2 Å². The van der Waals surface area contributed by atoms with Crippen molar-refractivity contribution in [3.05, 3.63) is 62.6 Å². The van der Waals surface area contributed by atoms with Gasteiger partial charge >= 0.3 is 0 Å². The average Bonchev–Trinajstić information content (AvgIpc) is 3.45. The monoisotopic (exact) mass is 483 g/mol. The Labute approximate surface area is 198 Å². The highest BCUT2D eigenvalue weighted by Gasteiger charge is 2.34. The molecule has 1 aliphatic heterocycles. The van der Waals surface area contributed by atoms with Crippen LogP contribution in [0.1, 0.15) is 33.3 Å². The number of nitro groups is 1. The van der Waals surface area contributed by atoms with Gasteiger partial charge < -0.3 is 14.4 Å². The van der Waals surface area contributed by atoms with Crippen LogP contribution < -0.4 is 19.7 Å². The molecule has 2 aromatic carbocycles. The lowest BCUT2D eigenvalue weighted by Gasteiger charge is -2.16. The predicted molar refractivity (Wildman–Crippen MR) is 125 cm³/mol. The van der Waals surface area contributed by atoms with Gasteiger partial charge in [-0.2, -0.15) is 0 Å². The fourth-order valence-corrected chi connectivity index (χ4v) is 4.49. The number of carbonyl (C=O) groups excluding carboxylic acids is 2. The molecule has 2 amide bonds. The quantitative estimate of drug-likeness (QED) is 0.398. The van der Waals surface area contributed by atoms with Gasteiger partial charge in [0.1, 0.15) is 10.6 Å². The Morgan fingerprint density at radius 2 is 1.85 bits per heavy atom. The molecule has 1 atom stereocenters. The van der Waals surface area contributed by atoms with Gasteiger partial charge in [-0.25, -0.2) is 0 Å². The Bertz CT molecular complexity index is 1260. The van der Waals surface area contributed by atoms with E-state index < -0.39 is 16.5 Å². The molecule has 1 fully saturated rings. The summed E-state index contributed by atoms with van der Waals surface area (Å²) in [7, 11) is 2.71. The molecule has 0 spiro atoms. The van der Waals surface area contributed by atoms with Crippen molar-refractivity contribution in [3.63, 3.8) is 0 Å². The van der Waals surface area contributed by atoms with Crippen LogP contribution in [0.25, 0.3) is 0 Å². The second kappa shape index (κ2) is 9.43. The smallest absolute Gasteiger partial charge is 0.286 e. The van der Waals surface area contributed by atoms with E-state index in [0.717, 1.165) is 28.7 Å². The maximum atomic E-state index is 12.8. The van der Waals surface area contributed by atoms with Gasteiger partial charge in [0.25, 0.3) is 11.6 Å². The molecule has 1 N–H and O–H groups in total. The van der Waals surface area contributed by atoms with E-state index in [9.17, 15) is 19.7 Å². The van der Waals surface area contributed by atoms with E-state index in [4.69, 9.17) is 9.47 Å². The van der Waals surface area contributed by atoms with Gasteiger partial charge in [0.05, 0.1) is 25.2 Å². The zero-order valence-corrected chi connectivity index (χ0v) is 19.4. The number of hydrogen-bond donors (Lipinski definition) is 1. The van der Waals surface area contributed by atoms with E-state index in [2.05, 4.69) is 15.5 Å². The van der Waals surface area contributed by atoms with Gasteiger partial charge in [-0.15, -0.1) is 10.2 Å². The van der Waals surface area contributed by atoms with Crippen LogP contribution in [-0.2, 0) is 4.79 Å². The number of benzene rings is 2. The lowest BCUT2D eigenvalue weighted by Crippen LogP contribution is -2.24. The maximum Gasteiger partial charge on any atom is 0.286 e. The summed E-state index contributed by atoms with van der Waals surface area (Å²) in [5, 5.41) is 22.9. The topological polar surface area (TPSA) is 137 Å². The predicted octanol–water partition coefficient (Wildman–Crippen LogP) is 3.54. The first-order valence-electron chi connectivity index (χ1n) is 10.2. The molecule has 0 radical (unpaired) electrons. The van der Waals surface area contributed by atoms with Crippen LogP contribution in [-0.4, -0.2) is 47.7 Å². The molecule has 1 unspecified atom stereocenters. The second-order valence-electron chi connectivity index (χ2n) is 7.62. The molecule has 0 saturated carbocycles. The number of hydrogen-bond acceptors (Lipinski definition) is 9. The zero-order valence-electron chi connectivity index (χ0n) is 18.6. The summed E-state index contributed by atoms with van der Waals surface area (Å²) < 4.78 is 10.2. The molecule has 1 aromatic heterocycles. The summed E-state index contributed by atoms with van der Waals surface area (Å²) in [4.78, 5) is 37.9. The molecule has 0 aliphatic carbocycles. The van der Waals surface area contributed by atoms with Gasteiger partial charge in [0.2, 0.25) is 11.0 Å². The van der Waals surface area contributed by atoms with Crippen molar-refractivity contribution in [1.82, 2.24) is 10.2 Å². The molecule has 1 saturated heterocycles. The SMILES string of the molecule is COc1cc(C(=O)Nc2nnc(C3CC(=O)N(c4ccc(C)cc4)C3)s2)c([N+](=O)[O-])cc1OC. The van der Waals surface area contributed by atoms with Crippen molar-refractivity contribution in [1.29, 1.82) is 0 Å². The number of rotatable bonds is 7. The highest BCUT2D eigenvalue weighted by molar-refractivity contribution is 7.15. The number of carbonyl (C=O) groups is 2. The average molecular weight is 484 g/mol. The number of nitro benzene ring substituents is 1. The van der Waals surface area contributed by atoms with E-state index in [1.54, 1.807) is 4.90 Å². The lowest BCUT2D eigenvalue weighted by molar-refractivity contribution is -0.385. The van der Waals surface area contributed by atoms with Gasteiger partial charge in [-0.3, -0.25) is 25.0 Å². The van der Waals surface area contributed by atoms with E-state index in [-0.39, 0.29) is 40.4 Å². The minimum absolute atomic E-state index is 0.0180. The lowest BCUT2D eigenvalue weighted by atomic mass is 10.1. The van der Waals surface area contributed by atoms with Crippen LogP contribution >= 0.6 is 11.3 Å². The van der Waals surface area contributed by atoms with Gasteiger partial charge in [-0.05, 0) is 19.1 Å². The van der Waals surface area contributed by atoms with Crippen molar-refractivity contribution in [2.24, 2.45) is 0 Å². The first-order chi connectivity index (χ1) is 16.3. The standard InChI is InChI=1S/C22H21N5O6S/c1-12-4-6-14(7-5-12)26-11-13(8-19(26)28)21-24-25-22(34-21)23-20(29)15-9-17(32-2)18(33-3)10-16(15)27(30)31/h4-7,9-10,13H,8,11H2,1-3H3,(H,23,25,29). The molecule has 4 rings (SSSR count). The second-order valence-corrected chi connectivity index (χ2v) is 8.63. The van der Waals surface area contributed by atoms with Crippen LogP contribution in [0.15, 0.2) is 36.4 Å². The Hall–Kier alpha value is -4.06. The summed E-state index contributed by atoms with van der Waals surface area (Å²) >= 11 is 1.13. The molecule has 2 heterocycles. The maximum absolute atomic E-state index is 12.8. The third-order valence-corrected chi connectivity index (χ3v) is 6.43. The first kappa shape index (κ1) is 23.1. The summed E-state index contributed by atoms with van der Waals surface area (Å²) in [6.07, 6.45) is 0.275. The van der Waals surface area contributed by atoms with Crippen molar-refractivity contribution in [2.75, 3.05) is 31.0 Å². The highest BCUT2D eigenvalue weighted by Crippen LogP contribution is 2.36. The van der Waals surface area contributed by atoms with E-state index in [1.165, 1.54) is 20.3 Å². The number of aryl methyl sites for hydroxylation is 1. The number of nitrogens with zero attached hydrogens (tertiary/aromatic N) is 4. The number of aromatic nitrogens is 2. The Balaban J connectivity index is 1.51. The highest BCUT2D eigenvalue weighted by atomic mass is 32.1. The summed E-state index contributed by atoms with van der Waals surface area (Å²) in [5.74, 6) is -0.619. The van der Waals surface area contributed by atoms with Crippen molar-refractivity contribution >= 4 is 39.7 Å². The summed E-state index contributed by atoms with van der Waals surface area (Å²) in [5.41, 5.74) is 1.28. The molecule has 1 aliphatic rings. The zero-order chi connectivity index (χ0) is 24.4. The van der Waals surface area contributed by atoms with Gasteiger partial charge in [-0.1, -0.05) is 29.0 Å². The Morgan fingerprint density at radius 1 is 1.18 bits per heavy atom. The minimum atomic E-state index is -0.737. The van der Waals surface area contributed by atoms with Crippen LogP contribution in [0.5, 0.6) is 11.5 Å². The van der Waals surface area contributed by atoms with E-state index in [0.29, 0.717) is 11.6 Å². The first-order valence-corrected chi connectivity index (χ1v) is 11.0. The Morgan fingerprint density at radius 3 is 2.50 bits per heavy atom. The molecule has 34 heavy (non-hydrogen) atoms. The fraction of sp³-hybridized carbons (Fsp3) is 0.273. The van der Waals surface area contributed by atoms with Crippen LogP contribution in [0, 0.1) is 17.0 Å². The molecular weight excluding hydrogens is 462 g/mol. The fourth-order valence-electron chi connectivity index (χ4n) is 3.66. The molecule has 3 aromatic rings. The van der Waals surface area contributed by atoms with Crippen LogP contribution in [0.4, 0.5) is 16.5 Å². The number of nitrogens with one attached hydrogen (secondary N) is 1. The molecule has 11 nitrogen and oxygen atoms in total. The van der Waals surface area contributed by atoms with Gasteiger partial charge in [0.15, 0.2) is 11.5 Å². The van der Waals surface area contributed by atoms with Crippen LogP contribution in [0.2, 0.25) is 0 Å². The third-order valence-electron chi connectivity index (χ3n) is 5.42. The molecule has 0 bridgehead atoms. The van der Waals surface area contributed by atoms with Crippen molar-refractivity contribution in [2.45, 2.75) is 19.3 Å². The molecule has 176 valence electrons. The minimum Gasteiger partial charge on any atom is -0.493 e. The third kappa shape index (κ3) is 4.53. The largest absolute Gasteiger partial charge is 0.493 e. The van der Waals surface area contributed by atoms with Gasteiger partial charge in [0, 0.05) is 30.6 Å². The van der Waals surface area contributed by atoms with Crippen LogP contribution in [0.3, 0.4) is 0 Å².